The lowest BCUT2D eigenvalue weighted by Gasteiger charge is -2.32. The lowest BCUT2D eigenvalue weighted by Crippen LogP contribution is -2.40. The highest BCUT2D eigenvalue weighted by Gasteiger charge is 2.25. The minimum Gasteiger partial charge on any atom is -0.365 e. The third-order valence-corrected chi connectivity index (χ3v) is 3.98. The van der Waals surface area contributed by atoms with Gasteiger partial charge in [0.25, 0.3) is 0 Å². The summed E-state index contributed by atoms with van der Waals surface area (Å²) in [4.78, 5) is 2.36. The Morgan fingerprint density at radius 2 is 2.22 bits per heavy atom. The van der Waals surface area contributed by atoms with Gasteiger partial charge in [0, 0.05) is 17.6 Å². The molecule has 0 aromatic heterocycles. The highest BCUT2D eigenvalue weighted by Crippen LogP contribution is 2.29. The van der Waals surface area contributed by atoms with Gasteiger partial charge >= 0.3 is 0 Å². The first-order valence-electron chi connectivity index (χ1n) is 6.31. The van der Waals surface area contributed by atoms with E-state index in [2.05, 4.69) is 51.3 Å². The topological polar surface area (TPSA) is 39.1 Å². The van der Waals surface area contributed by atoms with Crippen molar-refractivity contribution in [2.75, 3.05) is 24.5 Å². The molecule has 1 N–H and O–H groups in total. The van der Waals surface area contributed by atoms with E-state index in [4.69, 9.17) is 5.26 Å². The van der Waals surface area contributed by atoms with Crippen LogP contribution in [0.1, 0.15) is 13.3 Å². The molecule has 0 radical (unpaired) electrons. The standard InChI is InChI=1S/C14H18BrN3/c1-11-8-17-9-12(6-7-16)18(10-11)14-5-3-2-4-13(14)15/h2-5,11-12,17H,6,8-10H2,1H3. The number of halogens is 1. The fourth-order valence-electron chi connectivity index (χ4n) is 2.42. The second kappa shape index (κ2) is 6.21. The Morgan fingerprint density at radius 1 is 1.44 bits per heavy atom. The SMILES string of the molecule is CC1CNCC(CC#N)N(c2ccccc2Br)C1. The summed E-state index contributed by atoms with van der Waals surface area (Å²) in [5.41, 5.74) is 1.19. The molecule has 1 saturated heterocycles. The summed E-state index contributed by atoms with van der Waals surface area (Å²) in [5, 5.41) is 12.4. The summed E-state index contributed by atoms with van der Waals surface area (Å²) < 4.78 is 1.10. The van der Waals surface area contributed by atoms with E-state index in [1.165, 1.54) is 5.69 Å². The summed E-state index contributed by atoms with van der Waals surface area (Å²) in [5.74, 6) is 0.584. The van der Waals surface area contributed by atoms with Gasteiger partial charge in [-0.25, -0.2) is 0 Å². The van der Waals surface area contributed by atoms with Crippen LogP contribution < -0.4 is 10.2 Å². The molecule has 4 heteroatoms. The Bertz CT molecular complexity index is 441. The fraction of sp³-hybridized carbons (Fsp3) is 0.500. The van der Waals surface area contributed by atoms with Gasteiger partial charge in [-0.05, 0) is 40.5 Å². The smallest absolute Gasteiger partial charge is 0.0643 e. The molecule has 2 atom stereocenters. The van der Waals surface area contributed by atoms with Crippen LogP contribution in [0.2, 0.25) is 0 Å². The van der Waals surface area contributed by atoms with Crippen molar-refractivity contribution in [1.82, 2.24) is 5.32 Å². The molecule has 18 heavy (non-hydrogen) atoms. The van der Waals surface area contributed by atoms with Crippen LogP contribution in [0.15, 0.2) is 28.7 Å². The highest BCUT2D eigenvalue weighted by atomic mass is 79.9. The Balaban J connectivity index is 2.30. The number of rotatable bonds is 2. The van der Waals surface area contributed by atoms with Gasteiger partial charge in [0.2, 0.25) is 0 Å². The summed E-state index contributed by atoms with van der Waals surface area (Å²) in [6.45, 7) is 5.12. The molecule has 1 heterocycles. The average Bonchev–Trinajstić information content (AvgIpc) is 2.53. The zero-order valence-electron chi connectivity index (χ0n) is 10.6. The maximum absolute atomic E-state index is 8.99. The summed E-state index contributed by atoms with van der Waals surface area (Å²) in [6.07, 6.45) is 0.557. The van der Waals surface area contributed by atoms with E-state index in [1.807, 2.05) is 12.1 Å². The molecule has 1 fully saturated rings. The third-order valence-electron chi connectivity index (χ3n) is 3.31. The zero-order chi connectivity index (χ0) is 13.0. The van der Waals surface area contributed by atoms with Gasteiger partial charge < -0.3 is 10.2 Å². The van der Waals surface area contributed by atoms with E-state index in [0.717, 1.165) is 24.1 Å². The molecule has 2 unspecified atom stereocenters. The van der Waals surface area contributed by atoms with Crippen molar-refractivity contribution in [2.45, 2.75) is 19.4 Å². The maximum atomic E-state index is 8.99. The average molecular weight is 308 g/mol. The lowest BCUT2D eigenvalue weighted by atomic mass is 10.1. The summed E-state index contributed by atoms with van der Waals surface area (Å²) >= 11 is 3.61. The molecule has 1 aromatic rings. The molecule has 0 saturated carbocycles. The van der Waals surface area contributed by atoms with E-state index >= 15 is 0 Å². The van der Waals surface area contributed by atoms with Crippen LogP contribution in [0.25, 0.3) is 0 Å². The fourth-order valence-corrected chi connectivity index (χ4v) is 2.94. The van der Waals surface area contributed by atoms with Crippen molar-refractivity contribution in [3.63, 3.8) is 0 Å². The van der Waals surface area contributed by atoms with Gasteiger partial charge in [0.15, 0.2) is 0 Å². The molecule has 0 amide bonds. The number of hydrogen-bond donors (Lipinski definition) is 1. The minimum atomic E-state index is 0.249. The quantitative estimate of drug-likeness (QED) is 0.913. The molecular formula is C14H18BrN3. The Hall–Kier alpha value is -1.05. The maximum Gasteiger partial charge on any atom is 0.0643 e. The van der Waals surface area contributed by atoms with Gasteiger partial charge in [-0.2, -0.15) is 5.26 Å². The number of anilines is 1. The van der Waals surface area contributed by atoms with E-state index in [9.17, 15) is 0 Å². The second-order valence-corrected chi connectivity index (χ2v) is 5.74. The minimum absolute atomic E-state index is 0.249. The lowest BCUT2D eigenvalue weighted by molar-refractivity contribution is 0.563. The van der Waals surface area contributed by atoms with Gasteiger partial charge in [-0.3, -0.25) is 0 Å². The Morgan fingerprint density at radius 3 is 2.94 bits per heavy atom. The number of hydrogen-bond acceptors (Lipinski definition) is 3. The van der Waals surface area contributed by atoms with Crippen LogP contribution >= 0.6 is 15.9 Å². The van der Waals surface area contributed by atoms with E-state index in [1.54, 1.807) is 0 Å². The number of benzene rings is 1. The number of nitrogens with zero attached hydrogens (tertiary/aromatic N) is 2. The van der Waals surface area contributed by atoms with Crippen molar-refractivity contribution in [3.05, 3.63) is 28.7 Å². The molecule has 0 bridgehead atoms. The third kappa shape index (κ3) is 3.04. The van der Waals surface area contributed by atoms with Crippen LogP contribution in [-0.2, 0) is 0 Å². The largest absolute Gasteiger partial charge is 0.365 e. The van der Waals surface area contributed by atoms with Crippen molar-refractivity contribution in [3.8, 4) is 6.07 Å². The van der Waals surface area contributed by atoms with Crippen LogP contribution in [0.4, 0.5) is 5.69 Å². The van der Waals surface area contributed by atoms with Crippen LogP contribution in [0.5, 0.6) is 0 Å². The monoisotopic (exact) mass is 307 g/mol. The number of nitrogens with one attached hydrogen (secondary N) is 1. The van der Waals surface area contributed by atoms with E-state index < -0.39 is 0 Å². The van der Waals surface area contributed by atoms with Crippen molar-refractivity contribution < 1.29 is 0 Å². The molecule has 1 aromatic carbocycles. The first-order valence-corrected chi connectivity index (χ1v) is 7.10. The van der Waals surface area contributed by atoms with E-state index in [-0.39, 0.29) is 6.04 Å². The van der Waals surface area contributed by atoms with Gasteiger partial charge in [0.1, 0.15) is 0 Å². The predicted molar refractivity (Wildman–Crippen MR) is 77.5 cm³/mol. The van der Waals surface area contributed by atoms with Gasteiger partial charge in [-0.1, -0.05) is 19.1 Å². The Kier molecular flexibility index (Phi) is 4.62. The molecule has 0 aliphatic carbocycles. The van der Waals surface area contributed by atoms with Crippen LogP contribution in [0, 0.1) is 17.2 Å². The second-order valence-electron chi connectivity index (χ2n) is 4.88. The molecule has 1 aliphatic rings. The van der Waals surface area contributed by atoms with Crippen molar-refractivity contribution in [1.29, 1.82) is 5.26 Å². The normalized spacial score (nSPS) is 24.4. The summed E-state index contributed by atoms with van der Waals surface area (Å²) in [6, 6.07) is 10.8. The molecule has 3 nitrogen and oxygen atoms in total. The summed E-state index contributed by atoms with van der Waals surface area (Å²) in [7, 11) is 0. The van der Waals surface area contributed by atoms with Crippen molar-refractivity contribution >= 4 is 21.6 Å². The number of nitriles is 1. The molecule has 1 aliphatic heterocycles. The number of para-hydroxylation sites is 1. The first kappa shape index (κ1) is 13.4. The predicted octanol–water partition coefficient (Wildman–Crippen LogP) is 2.78. The zero-order valence-corrected chi connectivity index (χ0v) is 12.2. The van der Waals surface area contributed by atoms with Crippen LogP contribution in [0.3, 0.4) is 0 Å². The molecule has 0 spiro atoms. The van der Waals surface area contributed by atoms with E-state index in [0.29, 0.717) is 12.3 Å². The van der Waals surface area contributed by atoms with Crippen molar-refractivity contribution in [2.24, 2.45) is 5.92 Å². The van der Waals surface area contributed by atoms with Crippen LogP contribution in [-0.4, -0.2) is 25.7 Å². The van der Waals surface area contributed by atoms with Gasteiger partial charge in [-0.15, -0.1) is 0 Å². The Labute approximate surface area is 117 Å². The molecule has 96 valence electrons. The molecule has 2 rings (SSSR count). The molecular weight excluding hydrogens is 290 g/mol. The van der Waals surface area contributed by atoms with Gasteiger partial charge in [0.05, 0.1) is 24.2 Å². The first-order chi connectivity index (χ1) is 8.72. The highest BCUT2D eigenvalue weighted by molar-refractivity contribution is 9.10.